The van der Waals surface area contributed by atoms with Crippen LogP contribution in [0.3, 0.4) is 0 Å². The molecule has 1 amide bonds. The molecule has 136 valence electrons. The van der Waals surface area contributed by atoms with Gasteiger partial charge in [0.25, 0.3) is 5.91 Å². The number of hydrogen-bond donors (Lipinski definition) is 1. The summed E-state index contributed by atoms with van der Waals surface area (Å²) in [6, 6.07) is 0. The van der Waals surface area contributed by atoms with Gasteiger partial charge in [-0.25, -0.2) is 4.98 Å². The number of nitrogens with one attached hydrogen (secondary N) is 1. The zero-order chi connectivity index (χ0) is 18.3. The molecule has 0 bridgehead atoms. The molecule has 2 aliphatic carbocycles. The molecule has 1 N–H and O–H groups in total. The van der Waals surface area contributed by atoms with Crippen molar-refractivity contribution in [1.29, 1.82) is 0 Å². The van der Waals surface area contributed by atoms with Crippen LogP contribution < -0.4 is 5.32 Å². The van der Waals surface area contributed by atoms with Crippen molar-refractivity contribution in [3.8, 4) is 10.6 Å². The third-order valence-electron chi connectivity index (χ3n) is 5.15. The van der Waals surface area contributed by atoms with Crippen LogP contribution in [0, 0.1) is 6.92 Å². The number of aryl methyl sites for hydroxylation is 2. The fourth-order valence-corrected chi connectivity index (χ4v) is 6.14. The minimum absolute atomic E-state index is 0.0221. The molecule has 6 heteroatoms. The Morgan fingerprint density at radius 2 is 1.85 bits per heavy atom. The van der Waals surface area contributed by atoms with Gasteiger partial charge in [-0.05, 0) is 64.4 Å². The summed E-state index contributed by atoms with van der Waals surface area (Å²) in [7, 11) is 0. The highest BCUT2D eigenvalue weighted by atomic mass is 32.1. The topological polar surface area (TPSA) is 59.1 Å². The van der Waals surface area contributed by atoms with E-state index in [0.29, 0.717) is 17.6 Å². The second-order valence-corrected chi connectivity index (χ2v) is 8.99. The molecule has 0 fully saturated rings. The highest BCUT2D eigenvalue weighted by Crippen LogP contribution is 2.45. The molecular formula is C20H22N2O2S2. The van der Waals surface area contributed by atoms with E-state index in [4.69, 9.17) is 0 Å². The molecule has 0 aliphatic heterocycles. The van der Waals surface area contributed by atoms with Gasteiger partial charge in [0.05, 0.1) is 0 Å². The quantitative estimate of drug-likeness (QED) is 0.798. The molecule has 4 rings (SSSR count). The average Bonchev–Trinajstić information content (AvgIpc) is 3.31. The maximum absolute atomic E-state index is 12.9. The summed E-state index contributed by atoms with van der Waals surface area (Å²) >= 11 is 3.33. The monoisotopic (exact) mass is 386 g/mol. The highest BCUT2D eigenvalue weighted by molar-refractivity contribution is 7.18. The predicted molar refractivity (Wildman–Crippen MR) is 107 cm³/mol. The summed E-state index contributed by atoms with van der Waals surface area (Å²) in [5.74, 6) is -0.0882. The average molecular weight is 387 g/mol. The summed E-state index contributed by atoms with van der Waals surface area (Å²) in [5.41, 5.74) is 4.85. The van der Waals surface area contributed by atoms with Gasteiger partial charge < -0.3 is 5.32 Å². The first-order valence-electron chi connectivity index (χ1n) is 9.16. The van der Waals surface area contributed by atoms with Crippen molar-refractivity contribution in [3.63, 3.8) is 0 Å². The van der Waals surface area contributed by atoms with Gasteiger partial charge in [-0.3, -0.25) is 9.59 Å². The summed E-state index contributed by atoms with van der Waals surface area (Å²) in [6.45, 7) is 3.56. The minimum Gasteiger partial charge on any atom is -0.313 e. The number of aromatic nitrogens is 1. The van der Waals surface area contributed by atoms with E-state index in [2.05, 4.69) is 15.7 Å². The Bertz CT molecular complexity index is 920. The van der Waals surface area contributed by atoms with Gasteiger partial charge in [-0.1, -0.05) is 0 Å². The molecule has 26 heavy (non-hydrogen) atoms. The standard InChI is InChI=1S/C20H22N2O2S2/c1-11-10-25-19(21-11)17-15-6-3-4-9-16(15)26-20(17)22-18(24)14-8-5-7-13(14)12(2)23/h10H,3-9H2,1-2H3,(H,22,24). The summed E-state index contributed by atoms with van der Waals surface area (Å²) in [4.78, 5) is 30.8. The Hall–Kier alpha value is -1.79. The van der Waals surface area contributed by atoms with Gasteiger partial charge in [-0.2, -0.15) is 0 Å². The fraction of sp³-hybridized carbons (Fsp3) is 0.450. The number of allylic oxidation sites excluding steroid dienone is 1. The van der Waals surface area contributed by atoms with Crippen LogP contribution in [-0.2, 0) is 22.4 Å². The molecular weight excluding hydrogens is 364 g/mol. The van der Waals surface area contributed by atoms with Crippen LogP contribution in [0.5, 0.6) is 0 Å². The SMILES string of the molecule is CC(=O)C1=C(C(=O)Nc2sc3c(c2-c2nc(C)cs2)CCCC3)CCC1. The predicted octanol–water partition coefficient (Wildman–Crippen LogP) is 5.07. The van der Waals surface area contributed by atoms with Crippen molar-refractivity contribution in [3.05, 3.63) is 32.7 Å². The minimum atomic E-state index is -0.110. The van der Waals surface area contributed by atoms with E-state index in [0.717, 1.165) is 46.9 Å². The molecule has 0 saturated carbocycles. The van der Waals surface area contributed by atoms with Crippen molar-refractivity contribution in [2.75, 3.05) is 5.32 Å². The first-order valence-corrected chi connectivity index (χ1v) is 10.9. The van der Waals surface area contributed by atoms with Gasteiger partial charge >= 0.3 is 0 Å². The lowest BCUT2D eigenvalue weighted by Crippen LogP contribution is -2.15. The molecule has 0 aromatic carbocycles. The number of rotatable bonds is 4. The van der Waals surface area contributed by atoms with E-state index in [1.54, 1.807) is 29.6 Å². The molecule has 2 aromatic heterocycles. The number of Topliss-reactive ketones (excluding diaryl/α,β-unsaturated/α-hetero) is 1. The number of hydrogen-bond acceptors (Lipinski definition) is 5. The molecule has 0 radical (unpaired) electrons. The Morgan fingerprint density at radius 3 is 2.58 bits per heavy atom. The van der Waals surface area contributed by atoms with Crippen LogP contribution in [0.1, 0.15) is 55.2 Å². The third-order valence-corrected chi connectivity index (χ3v) is 7.33. The van der Waals surface area contributed by atoms with E-state index in [1.807, 2.05) is 6.92 Å². The summed E-state index contributed by atoms with van der Waals surface area (Å²) < 4.78 is 0. The second-order valence-electron chi connectivity index (χ2n) is 7.03. The van der Waals surface area contributed by atoms with Crippen LogP contribution in [0.4, 0.5) is 5.00 Å². The van der Waals surface area contributed by atoms with E-state index >= 15 is 0 Å². The Labute approximate surface area is 161 Å². The maximum atomic E-state index is 12.9. The van der Waals surface area contributed by atoms with Gasteiger partial charge in [0.15, 0.2) is 5.78 Å². The van der Waals surface area contributed by atoms with Crippen molar-refractivity contribution in [1.82, 2.24) is 4.98 Å². The van der Waals surface area contributed by atoms with Crippen LogP contribution in [0.15, 0.2) is 16.5 Å². The van der Waals surface area contributed by atoms with Crippen LogP contribution >= 0.6 is 22.7 Å². The molecule has 0 unspecified atom stereocenters. The Morgan fingerprint density at radius 1 is 1.08 bits per heavy atom. The molecule has 2 aromatic rings. The van der Waals surface area contributed by atoms with Crippen LogP contribution in [0.2, 0.25) is 0 Å². The molecule has 2 aliphatic rings. The maximum Gasteiger partial charge on any atom is 0.252 e. The van der Waals surface area contributed by atoms with Crippen LogP contribution in [-0.4, -0.2) is 16.7 Å². The zero-order valence-electron chi connectivity index (χ0n) is 15.1. The van der Waals surface area contributed by atoms with Gasteiger partial charge in [0.1, 0.15) is 10.0 Å². The summed E-state index contributed by atoms with van der Waals surface area (Å²) in [5, 5.41) is 7.09. The first-order chi connectivity index (χ1) is 12.5. The van der Waals surface area contributed by atoms with Crippen molar-refractivity contribution < 1.29 is 9.59 Å². The molecule has 4 nitrogen and oxygen atoms in total. The Balaban J connectivity index is 1.73. The second kappa shape index (κ2) is 7.08. The van der Waals surface area contributed by atoms with E-state index in [9.17, 15) is 9.59 Å². The largest absolute Gasteiger partial charge is 0.313 e. The fourth-order valence-electron chi connectivity index (χ4n) is 3.91. The zero-order valence-corrected chi connectivity index (χ0v) is 16.7. The smallest absolute Gasteiger partial charge is 0.252 e. The van der Waals surface area contributed by atoms with Crippen molar-refractivity contribution in [2.24, 2.45) is 0 Å². The number of amides is 1. The van der Waals surface area contributed by atoms with Gasteiger partial charge in [0.2, 0.25) is 0 Å². The van der Waals surface area contributed by atoms with Gasteiger partial charge in [0, 0.05) is 32.7 Å². The van der Waals surface area contributed by atoms with Crippen molar-refractivity contribution >= 4 is 39.4 Å². The molecule has 0 spiro atoms. The number of thiazole rings is 1. The number of nitrogens with zero attached hydrogens (tertiary/aromatic N) is 1. The number of thiophene rings is 1. The van der Waals surface area contributed by atoms with E-state index in [-0.39, 0.29) is 11.7 Å². The third kappa shape index (κ3) is 3.16. The number of fused-ring (bicyclic) bond motifs is 1. The lowest BCUT2D eigenvalue weighted by atomic mass is 9.95. The number of carbonyl (C=O) groups is 2. The number of carbonyl (C=O) groups excluding carboxylic acids is 2. The van der Waals surface area contributed by atoms with Crippen LogP contribution in [0.25, 0.3) is 10.6 Å². The van der Waals surface area contributed by atoms with E-state index < -0.39 is 0 Å². The van der Waals surface area contributed by atoms with E-state index in [1.165, 1.54) is 23.3 Å². The first kappa shape index (κ1) is 17.6. The molecule has 2 heterocycles. The Kier molecular flexibility index (Phi) is 4.80. The molecule has 0 saturated heterocycles. The number of ketones is 1. The number of anilines is 1. The lowest BCUT2D eigenvalue weighted by molar-refractivity contribution is -0.115. The normalized spacial score (nSPS) is 16.7. The highest BCUT2D eigenvalue weighted by Gasteiger charge is 2.28. The molecule has 0 atom stereocenters. The van der Waals surface area contributed by atoms with Crippen molar-refractivity contribution in [2.45, 2.75) is 58.8 Å². The summed E-state index contributed by atoms with van der Waals surface area (Å²) in [6.07, 6.45) is 6.82. The van der Waals surface area contributed by atoms with Gasteiger partial charge in [-0.15, -0.1) is 22.7 Å². The lowest BCUT2D eigenvalue weighted by Gasteiger charge is -2.12.